The summed E-state index contributed by atoms with van der Waals surface area (Å²) in [5.41, 5.74) is -0.627. The molecule has 0 atom stereocenters. The van der Waals surface area contributed by atoms with E-state index < -0.39 is 24.7 Å². The lowest BCUT2D eigenvalue weighted by atomic mass is 10.6. The molecule has 0 saturated heterocycles. The summed E-state index contributed by atoms with van der Waals surface area (Å²) in [4.78, 5) is 9.45. The lowest BCUT2D eigenvalue weighted by Gasteiger charge is -1.94. The summed E-state index contributed by atoms with van der Waals surface area (Å²) in [6, 6.07) is 0. The van der Waals surface area contributed by atoms with Gasteiger partial charge in [0.25, 0.3) is 9.05 Å². The van der Waals surface area contributed by atoms with Crippen molar-refractivity contribution in [1.29, 1.82) is 0 Å². The first-order valence-corrected chi connectivity index (χ1v) is 5.26. The van der Waals surface area contributed by atoms with E-state index in [2.05, 4.69) is 5.10 Å². The molecular weight excluding hydrogens is 222 g/mol. The fraction of sp³-hybridized carbons (Fsp3) is 0.250. The van der Waals surface area contributed by atoms with Gasteiger partial charge in [-0.05, 0) is 0 Å². The number of halogens is 1. The van der Waals surface area contributed by atoms with E-state index in [9.17, 15) is 18.5 Å². The van der Waals surface area contributed by atoms with Gasteiger partial charge in [-0.1, -0.05) is 0 Å². The van der Waals surface area contributed by atoms with Gasteiger partial charge < -0.3 is 0 Å². The zero-order valence-corrected chi connectivity index (χ0v) is 7.91. The van der Waals surface area contributed by atoms with Crippen molar-refractivity contribution in [3.8, 4) is 0 Å². The minimum absolute atomic E-state index is 0.612. The maximum absolute atomic E-state index is 10.8. The second-order valence-electron chi connectivity index (χ2n) is 2.15. The highest BCUT2D eigenvalue weighted by Crippen LogP contribution is 2.25. The van der Waals surface area contributed by atoms with Crippen molar-refractivity contribution < 1.29 is 13.3 Å². The number of hydrogen-bond acceptors (Lipinski definition) is 5. The molecule has 0 unspecified atom stereocenters. The van der Waals surface area contributed by atoms with E-state index in [1.54, 1.807) is 0 Å². The van der Waals surface area contributed by atoms with Crippen LogP contribution in [-0.4, -0.2) is 23.1 Å². The van der Waals surface area contributed by atoms with Crippen LogP contribution in [-0.2, 0) is 16.1 Å². The van der Waals surface area contributed by atoms with Crippen LogP contribution in [0.5, 0.6) is 0 Å². The monoisotopic (exact) mass is 225 g/mol. The highest BCUT2D eigenvalue weighted by molar-refractivity contribution is 8.13. The van der Waals surface area contributed by atoms with Gasteiger partial charge in [0.15, 0.2) is 0 Å². The first-order chi connectivity index (χ1) is 5.84. The number of hydrogen-bond donors (Lipinski definition) is 0. The number of aryl methyl sites for hydroxylation is 1. The Hall–Kier alpha value is -1.15. The molecule has 9 heteroatoms. The molecule has 0 aliphatic heterocycles. The van der Waals surface area contributed by atoms with Crippen molar-refractivity contribution in [2.24, 2.45) is 7.05 Å². The van der Waals surface area contributed by atoms with Crippen LogP contribution in [0.3, 0.4) is 0 Å². The summed E-state index contributed by atoms with van der Waals surface area (Å²) in [6.07, 6.45) is 0.829. The van der Waals surface area contributed by atoms with Gasteiger partial charge in [0.2, 0.25) is 5.03 Å². The van der Waals surface area contributed by atoms with Crippen LogP contribution in [0.25, 0.3) is 0 Å². The van der Waals surface area contributed by atoms with E-state index >= 15 is 0 Å². The van der Waals surface area contributed by atoms with Gasteiger partial charge in [-0.15, -0.1) is 0 Å². The van der Waals surface area contributed by atoms with Crippen LogP contribution in [0, 0.1) is 10.1 Å². The van der Waals surface area contributed by atoms with Gasteiger partial charge in [-0.3, -0.25) is 14.8 Å². The summed E-state index contributed by atoms with van der Waals surface area (Å²) in [7, 11) is 2.08. The van der Waals surface area contributed by atoms with E-state index in [4.69, 9.17) is 10.7 Å². The highest BCUT2D eigenvalue weighted by Gasteiger charge is 2.28. The van der Waals surface area contributed by atoms with E-state index in [0.29, 0.717) is 0 Å². The van der Waals surface area contributed by atoms with Gasteiger partial charge in [0, 0.05) is 17.7 Å². The molecule has 0 aliphatic rings. The van der Waals surface area contributed by atoms with Crippen molar-refractivity contribution in [1.82, 2.24) is 9.78 Å². The maximum atomic E-state index is 10.8. The lowest BCUT2D eigenvalue weighted by Crippen LogP contribution is -2.03. The standard InChI is InChI=1S/C4H4ClN3O4S/c1-7-4(13(5,11)12)3(2-6-7)8(9)10/h2H,1H3. The first-order valence-electron chi connectivity index (χ1n) is 2.95. The fourth-order valence-corrected chi connectivity index (χ4v) is 2.10. The van der Waals surface area contributed by atoms with Crippen LogP contribution >= 0.6 is 10.7 Å². The van der Waals surface area contributed by atoms with E-state index in [-0.39, 0.29) is 0 Å². The average Bonchev–Trinajstić information content (AvgIpc) is 2.28. The minimum Gasteiger partial charge on any atom is -0.258 e. The molecule has 0 aromatic carbocycles. The smallest absolute Gasteiger partial charge is 0.258 e. The molecule has 0 saturated carbocycles. The van der Waals surface area contributed by atoms with Crippen LogP contribution < -0.4 is 0 Å². The van der Waals surface area contributed by atoms with Crippen LogP contribution in [0.4, 0.5) is 5.69 Å². The van der Waals surface area contributed by atoms with Crippen LogP contribution in [0.1, 0.15) is 0 Å². The summed E-state index contributed by atoms with van der Waals surface area (Å²) >= 11 is 0. The molecule has 0 spiro atoms. The second kappa shape index (κ2) is 2.96. The summed E-state index contributed by atoms with van der Waals surface area (Å²) in [5.74, 6) is 0. The molecule has 0 radical (unpaired) electrons. The lowest BCUT2D eigenvalue weighted by molar-refractivity contribution is -0.388. The van der Waals surface area contributed by atoms with Gasteiger partial charge in [-0.2, -0.15) is 5.10 Å². The third-order valence-corrected chi connectivity index (χ3v) is 2.67. The average molecular weight is 226 g/mol. The molecule has 0 amide bonds. The number of nitro groups is 1. The third-order valence-electron chi connectivity index (χ3n) is 1.29. The van der Waals surface area contributed by atoms with Gasteiger partial charge in [-0.25, -0.2) is 8.42 Å². The molecule has 1 aromatic rings. The Morgan fingerprint density at radius 2 is 2.23 bits per heavy atom. The van der Waals surface area contributed by atoms with Crippen molar-refractivity contribution in [3.05, 3.63) is 16.3 Å². The Kier molecular flexibility index (Phi) is 2.26. The molecule has 13 heavy (non-hydrogen) atoms. The topological polar surface area (TPSA) is 95.1 Å². The summed E-state index contributed by atoms with van der Waals surface area (Å²) in [5, 5.41) is 13.1. The molecular formula is C4H4ClN3O4S. The molecule has 1 rings (SSSR count). The van der Waals surface area contributed by atoms with Crippen molar-refractivity contribution in [2.45, 2.75) is 5.03 Å². The Labute approximate surface area is 77.5 Å². The third kappa shape index (κ3) is 1.78. The quantitative estimate of drug-likeness (QED) is 0.409. The number of rotatable bonds is 2. The molecule has 0 aliphatic carbocycles. The molecule has 0 bridgehead atoms. The van der Waals surface area contributed by atoms with Gasteiger partial charge in [0.1, 0.15) is 6.20 Å². The molecule has 0 N–H and O–H groups in total. The van der Waals surface area contributed by atoms with Crippen molar-refractivity contribution >= 4 is 25.4 Å². The molecule has 72 valence electrons. The molecule has 7 nitrogen and oxygen atoms in total. The zero-order chi connectivity index (χ0) is 10.2. The van der Waals surface area contributed by atoms with Crippen molar-refractivity contribution in [3.63, 3.8) is 0 Å². The zero-order valence-electron chi connectivity index (χ0n) is 6.34. The summed E-state index contributed by atoms with van der Waals surface area (Å²) < 4.78 is 22.5. The van der Waals surface area contributed by atoms with E-state index in [0.717, 1.165) is 10.9 Å². The number of aromatic nitrogens is 2. The van der Waals surface area contributed by atoms with Gasteiger partial charge >= 0.3 is 5.69 Å². The first kappa shape index (κ1) is 9.93. The SMILES string of the molecule is Cn1ncc([N+](=O)[O-])c1S(=O)(=O)Cl. The molecule has 1 heterocycles. The Morgan fingerprint density at radius 1 is 1.69 bits per heavy atom. The second-order valence-corrected chi connectivity index (χ2v) is 4.63. The Bertz CT molecular complexity index is 450. The minimum atomic E-state index is -4.13. The Morgan fingerprint density at radius 3 is 2.54 bits per heavy atom. The van der Waals surface area contributed by atoms with Crippen molar-refractivity contribution in [2.75, 3.05) is 0 Å². The largest absolute Gasteiger partial charge is 0.327 e. The maximum Gasteiger partial charge on any atom is 0.327 e. The molecule has 1 aromatic heterocycles. The highest BCUT2D eigenvalue weighted by atomic mass is 35.7. The predicted molar refractivity (Wildman–Crippen MR) is 42.9 cm³/mol. The Balaban J connectivity index is 3.51. The van der Waals surface area contributed by atoms with E-state index in [1.807, 2.05) is 0 Å². The molecule has 0 fully saturated rings. The van der Waals surface area contributed by atoms with Crippen LogP contribution in [0.15, 0.2) is 11.2 Å². The van der Waals surface area contributed by atoms with Crippen LogP contribution in [0.2, 0.25) is 0 Å². The van der Waals surface area contributed by atoms with E-state index in [1.165, 1.54) is 7.05 Å². The summed E-state index contributed by atoms with van der Waals surface area (Å²) in [6.45, 7) is 0. The normalized spacial score (nSPS) is 11.5. The fourth-order valence-electron chi connectivity index (χ4n) is 0.823. The number of nitrogens with zero attached hydrogens (tertiary/aromatic N) is 3. The van der Waals surface area contributed by atoms with Gasteiger partial charge in [0.05, 0.1) is 4.92 Å². The predicted octanol–water partition coefficient (Wildman–Crippen LogP) is 0.256.